The SMILES string of the molecule is CC(C)(C)OC(=O)N[C@H](CO)C/C=C/Cc1ccccc1. The van der Waals surface area contributed by atoms with Gasteiger partial charge in [-0.05, 0) is 39.2 Å². The summed E-state index contributed by atoms with van der Waals surface area (Å²) in [6, 6.07) is 9.79. The Morgan fingerprint density at radius 2 is 1.95 bits per heavy atom. The molecule has 0 saturated carbocycles. The highest BCUT2D eigenvalue weighted by Crippen LogP contribution is 2.07. The number of aliphatic hydroxyl groups excluding tert-OH is 1. The maximum absolute atomic E-state index is 11.6. The van der Waals surface area contributed by atoms with E-state index in [0.29, 0.717) is 6.42 Å². The summed E-state index contributed by atoms with van der Waals surface area (Å²) in [5.41, 5.74) is 0.696. The summed E-state index contributed by atoms with van der Waals surface area (Å²) in [6.07, 6.45) is 4.91. The minimum absolute atomic E-state index is 0.116. The number of rotatable bonds is 6. The van der Waals surface area contributed by atoms with Gasteiger partial charge in [-0.25, -0.2) is 4.79 Å². The number of allylic oxidation sites excluding steroid dienone is 1. The Labute approximate surface area is 126 Å². The highest BCUT2D eigenvalue weighted by molar-refractivity contribution is 5.68. The molecule has 0 radical (unpaired) electrons. The molecule has 1 rings (SSSR count). The van der Waals surface area contributed by atoms with Crippen molar-refractivity contribution in [2.24, 2.45) is 0 Å². The van der Waals surface area contributed by atoms with Crippen LogP contribution in [0.2, 0.25) is 0 Å². The number of nitrogens with one attached hydrogen (secondary N) is 1. The van der Waals surface area contributed by atoms with E-state index in [4.69, 9.17) is 4.74 Å². The molecular weight excluding hydrogens is 266 g/mol. The fourth-order valence-corrected chi connectivity index (χ4v) is 1.75. The van der Waals surface area contributed by atoms with Crippen LogP contribution in [0.4, 0.5) is 4.79 Å². The second kappa shape index (κ2) is 8.47. The molecule has 0 spiro atoms. The van der Waals surface area contributed by atoms with Crippen LogP contribution in [-0.4, -0.2) is 29.4 Å². The maximum atomic E-state index is 11.6. The zero-order chi connectivity index (χ0) is 15.7. The molecule has 0 saturated heterocycles. The number of benzene rings is 1. The van der Waals surface area contributed by atoms with Gasteiger partial charge in [0.15, 0.2) is 0 Å². The summed E-state index contributed by atoms with van der Waals surface area (Å²) in [5, 5.41) is 11.9. The first-order chi connectivity index (χ1) is 9.90. The first-order valence-corrected chi connectivity index (χ1v) is 7.20. The number of carbonyl (C=O) groups excluding carboxylic acids is 1. The van der Waals surface area contributed by atoms with Crippen LogP contribution >= 0.6 is 0 Å². The molecule has 0 aromatic heterocycles. The lowest BCUT2D eigenvalue weighted by atomic mass is 10.1. The molecule has 21 heavy (non-hydrogen) atoms. The molecule has 4 nitrogen and oxygen atoms in total. The van der Waals surface area contributed by atoms with Crippen molar-refractivity contribution < 1.29 is 14.6 Å². The Morgan fingerprint density at radius 1 is 1.29 bits per heavy atom. The Hall–Kier alpha value is -1.81. The molecule has 116 valence electrons. The van der Waals surface area contributed by atoms with E-state index < -0.39 is 11.7 Å². The van der Waals surface area contributed by atoms with E-state index >= 15 is 0 Å². The van der Waals surface area contributed by atoms with E-state index in [1.165, 1.54) is 5.56 Å². The highest BCUT2D eigenvalue weighted by Gasteiger charge is 2.18. The lowest BCUT2D eigenvalue weighted by Crippen LogP contribution is -2.40. The summed E-state index contributed by atoms with van der Waals surface area (Å²) in [5.74, 6) is 0. The summed E-state index contributed by atoms with van der Waals surface area (Å²) < 4.78 is 5.16. The van der Waals surface area contributed by atoms with Gasteiger partial charge in [0.25, 0.3) is 0 Å². The molecule has 0 fully saturated rings. The third-order valence-electron chi connectivity index (χ3n) is 2.72. The van der Waals surface area contributed by atoms with Crippen LogP contribution in [0.15, 0.2) is 42.5 Å². The van der Waals surface area contributed by atoms with Crippen molar-refractivity contribution in [1.29, 1.82) is 0 Å². The normalized spacial score (nSPS) is 13.1. The molecule has 0 aliphatic carbocycles. The lowest BCUT2D eigenvalue weighted by molar-refractivity contribution is 0.0483. The molecule has 0 bridgehead atoms. The predicted molar refractivity (Wildman–Crippen MR) is 84.1 cm³/mol. The van der Waals surface area contributed by atoms with E-state index in [2.05, 4.69) is 17.4 Å². The smallest absolute Gasteiger partial charge is 0.407 e. The number of ether oxygens (including phenoxy) is 1. The van der Waals surface area contributed by atoms with Crippen LogP contribution in [-0.2, 0) is 11.2 Å². The zero-order valence-electron chi connectivity index (χ0n) is 13.0. The van der Waals surface area contributed by atoms with E-state index in [1.54, 1.807) is 20.8 Å². The van der Waals surface area contributed by atoms with Crippen LogP contribution in [0, 0.1) is 0 Å². The molecule has 1 amide bonds. The first-order valence-electron chi connectivity index (χ1n) is 7.20. The van der Waals surface area contributed by atoms with E-state index in [0.717, 1.165) is 6.42 Å². The number of alkyl carbamates (subject to hydrolysis) is 1. The van der Waals surface area contributed by atoms with Gasteiger partial charge in [-0.3, -0.25) is 0 Å². The number of hydrogen-bond donors (Lipinski definition) is 2. The Kier molecular flexibility index (Phi) is 6.96. The molecule has 1 aromatic rings. The Balaban J connectivity index is 2.35. The molecule has 0 heterocycles. The van der Waals surface area contributed by atoms with Gasteiger partial charge >= 0.3 is 6.09 Å². The second-order valence-electron chi connectivity index (χ2n) is 5.92. The number of hydrogen-bond acceptors (Lipinski definition) is 3. The summed E-state index contributed by atoms with van der Waals surface area (Å²) in [6.45, 7) is 5.30. The predicted octanol–water partition coefficient (Wildman–Crippen LogP) is 3.06. The maximum Gasteiger partial charge on any atom is 0.407 e. The molecule has 0 aliphatic rings. The van der Waals surface area contributed by atoms with Crippen LogP contribution in [0.1, 0.15) is 32.8 Å². The molecule has 0 aliphatic heterocycles. The minimum atomic E-state index is -0.534. The molecule has 1 aromatic carbocycles. The monoisotopic (exact) mass is 291 g/mol. The fraction of sp³-hybridized carbons (Fsp3) is 0.471. The molecular formula is C17H25NO3. The van der Waals surface area contributed by atoms with Crippen molar-refractivity contribution in [3.05, 3.63) is 48.0 Å². The van der Waals surface area contributed by atoms with Crippen molar-refractivity contribution in [3.8, 4) is 0 Å². The van der Waals surface area contributed by atoms with E-state index in [9.17, 15) is 9.90 Å². The quantitative estimate of drug-likeness (QED) is 0.792. The molecule has 2 N–H and O–H groups in total. The Morgan fingerprint density at radius 3 is 2.52 bits per heavy atom. The standard InChI is InChI=1S/C17H25NO3/c1-17(2,3)21-16(20)18-15(13-19)12-8-7-11-14-9-5-4-6-10-14/h4-10,15,19H,11-13H2,1-3H3,(H,18,20)/b8-7+/t15-/m0/s1. The van der Waals surface area contributed by atoms with Gasteiger partial charge in [0.2, 0.25) is 0 Å². The lowest BCUT2D eigenvalue weighted by Gasteiger charge is -2.22. The third kappa shape index (κ3) is 8.15. The number of amides is 1. The van der Waals surface area contributed by atoms with Gasteiger partial charge in [0, 0.05) is 0 Å². The van der Waals surface area contributed by atoms with Gasteiger partial charge in [0.05, 0.1) is 12.6 Å². The van der Waals surface area contributed by atoms with Crippen LogP contribution in [0.25, 0.3) is 0 Å². The zero-order valence-corrected chi connectivity index (χ0v) is 13.0. The van der Waals surface area contributed by atoms with E-state index in [-0.39, 0.29) is 12.6 Å². The van der Waals surface area contributed by atoms with Gasteiger partial charge in [-0.2, -0.15) is 0 Å². The van der Waals surface area contributed by atoms with Crippen LogP contribution < -0.4 is 5.32 Å². The minimum Gasteiger partial charge on any atom is -0.444 e. The largest absolute Gasteiger partial charge is 0.444 e. The fourth-order valence-electron chi connectivity index (χ4n) is 1.75. The van der Waals surface area contributed by atoms with Crippen molar-refractivity contribution >= 4 is 6.09 Å². The van der Waals surface area contributed by atoms with Crippen LogP contribution in [0.3, 0.4) is 0 Å². The third-order valence-corrected chi connectivity index (χ3v) is 2.72. The van der Waals surface area contributed by atoms with Crippen molar-refractivity contribution in [1.82, 2.24) is 5.32 Å². The number of carbonyl (C=O) groups is 1. The first kappa shape index (κ1) is 17.2. The second-order valence-corrected chi connectivity index (χ2v) is 5.92. The average Bonchev–Trinajstić information content (AvgIpc) is 2.41. The highest BCUT2D eigenvalue weighted by atomic mass is 16.6. The summed E-state index contributed by atoms with van der Waals surface area (Å²) in [7, 11) is 0. The average molecular weight is 291 g/mol. The van der Waals surface area contributed by atoms with Crippen LogP contribution in [0.5, 0.6) is 0 Å². The van der Waals surface area contributed by atoms with Gasteiger partial charge < -0.3 is 15.2 Å². The van der Waals surface area contributed by atoms with E-state index in [1.807, 2.05) is 30.4 Å². The topological polar surface area (TPSA) is 58.6 Å². The van der Waals surface area contributed by atoms with Crippen molar-refractivity contribution in [2.75, 3.05) is 6.61 Å². The van der Waals surface area contributed by atoms with Gasteiger partial charge in [-0.15, -0.1) is 0 Å². The molecule has 0 unspecified atom stereocenters. The summed E-state index contributed by atoms with van der Waals surface area (Å²) in [4.78, 5) is 11.6. The number of aliphatic hydroxyl groups is 1. The Bertz CT molecular complexity index is 449. The molecule has 4 heteroatoms. The van der Waals surface area contributed by atoms with Crippen molar-refractivity contribution in [3.63, 3.8) is 0 Å². The van der Waals surface area contributed by atoms with Gasteiger partial charge in [-0.1, -0.05) is 42.5 Å². The van der Waals surface area contributed by atoms with Gasteiger partial charge in [0.1, 0.15) is 5.60 Å². The molecule has 1 atom stereocenters. The van der Waals surface area contributed by atoms with Crippen molar-refractivity contribution in [2.45, 2.75) is 45.3 Å². The summed E-state index contributed by atoms with van der Waals surface area (Å²) >= 11 is 0.